The third kappa shape index (κ3) is 4.64. The molecule has 0 aromatic heterocycles. The zero-order chi connectivity index (χ0) is 18.4. The van der Waals surface area contributed by atoms with Crippen LogP contribution in [0.15, 0.2) is 71.7 Å². The Kier molecular flexibility index (Phi) is 5.92. The second kappa shape index (κ2) is 8.54. The Morgan fingerprint density at radius 2 is 1.77 bits per heavy atom. The molecule has 0 radical (unpaired) electrons. The van der Waals surface area contributed by atoms with Gasteiger partial charge in [0.05, 0.1) is 12.8 Å². The lowest BCUT2D eigenvalue weighted by Gasteiger charge is -2.11. The monoisotopic (exact) mass is 365 g/mol. The molecule has 0 heterocycles. The molecule has 0 unspecified atom stereocenters. The van der Waals surface area contributed by atoms with Gasteiger partial charge in [-0.1, -0.05) is 48.0 Å². The molecule has 0 aliphatic rings. The van der Waals surface area contributed by atoms with Gasteiger partial charge in [-0.2, -0.15) is 0 Å². The highest BCUT2D eigenvalue weighted by Crippen LogP contribution is 2.29. The zero-order valence-electron chi connectivity index (χ0n) is 14.8. The van der Waals surface area contributed by atoms with E-state index in [1.165, 1.54) is 0 Å². The van der Waals surface area contributed by atoms with E-state index in [0.717, 1.165) is 22.4 Å². The molecule has 0 aliphatic heterocycles. The standard InChI is InChI=1S/C22H20ClNO2/c1-16-8-10-19(13-20(16)23)24-14-18-9-11-21(22(12-18)25-2)26-15-17-6-4-3-5-7-17/h3-14H,15H2,1-2H3. The van der Waals surface area contributed by atoms with Crippen molar-refractivity contribution in [1.29, 1.82) is 0 Å². The maximum Gasteiger partial charge on any atom is 0.161 e. The number of hydrogen-bond donors (Lipinski definition) is 0. The number of hydrogen-bond acceptors (Lipinski definition) is 3. The average molecular weight is 366 g/mol. The zero-order valence-corrected chi connectivity index (χ0v) is 15.5. The number of nitrogens with zero attached hydrogens (tertiary/aromatic N) is 1. The van der Waals surface area contributed by atoms with Crippen molar-refractivity contribution in [1.82, 2.24) is 0 Å². The van der Waals surface area contributed by atoms with Crippen molar-refractivity contribution in [3.05, 3.63) is 88.4 Å². The molecule has 3 aromatic carbocycles. The molecule has 3 rings (SSSR count). The number of aliphatic imine (C=N–C) groups is 1. The van der Waals surface area contributed by atoms with Crippen molar-refractivity contribution in [2.45, 2.75) is 13.5 Å². The number of aryl methyl sites for hydroxylation is 1. The van der Waals surface area contributed by atoms with E-state index in [4.69, 9.17) is 21.1 Å². The van der Waals surface area contributed by atoms with E-state index in [0.29, 0.717) is 23.1 Å². The number of benzene rings is 3. The molecule has 0 saturated heterocycles. The van der Waals surface area contributed by atoms with Gasteiger partial charge in [0.25, 0.3) is 0 Å². The molecule has 0 saturated carbocycles. The van der Waals surface area contributed by atoms with E-state index in [1.54, 1.807) is 13.3 Å². The molecule has 3 aromatic rings. The normalized spacial score (nSPS) is 10.9. The summed E-state index contributed by atoms with van der Waals surface area (Å²) in [6, 6.07) is 21.5. The lowest BCUT2D eigenvalue weighted by molar-refractivity contribution is 0.284. The fourth-order valence-corrected chi connectivity index (χ4v) is 2.60. The number of rotatable bonds is 6. The second-order valence-corrected chi connectivity index (χ2v) is 6.28. The first-order valence-corrected chi connectivity index (χ1v) is 8.68. The molecule has 0 spiro atoms. The molecule has 0 fully saturated rings. The van der Waals surface area contributed by atoms with Crippen LogP contribution in [0.5, 0.6) is 11.5 Å². The van der Waals surface area contributed by atoms with Gasteiger partial charge in [0.2, 0.25) is 0 Å². The number of halogens is 1. The first-order valence-electron chi connectivity index (χ1n) is 8.30. The Morgan fingerprint density at radius 1 is 0.962 bits per heavy atom. The smallest absolute Gasteiger partial charge is 0.161 e. The van der Waals surface area contributed by atoms with Crippen LogP contribution in [-0.4, -0.2) is 13.3 Å². The van der Waals surface area contributed by atoms with Gasteiger partial charge in [-0.25, -0.2) is 0 Å². The second-order valence-electron chi connectivity index (χ2n) is 5.88. The molecular weight excluding hydrogens is 346 g/mol. The fourth-order valence-electron chi connectivity index (χ4n) is 2.43. The third-order valence-electron chi connectivity index (χ3n) is 3.94. The van der Waals surface area contributed by atoms with Gasteiger partial charge in [0.1, 0.15) is 6.61 Å². The first-order chi connectivity index (χ1) is 12.7. The highest BCUT2D eigenvalue weighted by molar-refractivity contribution is 6.31. The third-order valence-corrected chi connectivity index (χ3v) is 4.35. The van der Waals surface area contributed by atoms with Crippen molar-refractivity contribution < 1.29 is 9.47 Å². The summed E-state index contributed by atoms with van der Waals surface area (Å²) in [4.78, 5) is 4.47. The topological polar surface area (TPSA) is 30.8 Å². The molecule has 0 amide bonds. The number of ether oxygens (including phenoxy) is 2. The van der Waals surface area contributed by atoms with E-state index in [2.05, 4.69) is 4.99 Å². The van der Waals surface area contributed by atoms with Gasteiger partial charge in [0.15, 0.2) is 11.5 Å². The quantitative estimate of drug-likeness (QED) is 0.502. The summed E-state index contributed by atoms with van der Waals surface area (Å²) < 4.78 is 11.3. The van der Waals surface area contributed by atoms with Crippen molar-refractivity contribution in [3.8, 4) is 11.5 Å². The molecule has 132 valence electrons. The van der Waals surface area contributed by atoms with Gasteiger partial charge in [0, 0.05) is 11.2 Å². The molecule has 0 bridgehead atoms. The summed E-state index contributed by atoms with van der Waals surface area (Å²) in [5.74, 6) is 1.37. The van der Waals surface area contributed by atoms with Crippen LogP contribution in [0.1, 0.15) is 16.7 Å². The van der Waals surface area contributed by atoms with Crippen molar-refractivity contribution in [2.75, 3.05) is 7.11 Å². The minimum Gasteiger partial charge on any atom is -0.493 e. The van der Waals surface area contributed by atoms with Crippen molar-refractivity contribution in [3.63, 3.8) is 0 Å². The Balaban J connectivity index is 1.73. The summed E-state index contributed by atoms with van der Waals surface area (Å²) in [5, 5.41) is 0.710. The highest BCUT2D eigenvalue weighted by atomic mass is 35.5. The largest absolute Gasteiger partial charge is 0.493 e. The van der Waals surface area contributed by atoms with Crippen LogP contribution < -0.4 is 9.47 Å². The van der Waals surface area contributed by atoms with E-state index >= 15 is 0 Å². The lowest BCUT2D eigenvalue weighted by Crippen LogP contribution is -1.98. The van der Waals surface area contributed by atoms with Crippen molar-refractivity contribution >= 4 is 23.5 Å². The summed E-state index contributed by atoms with van der Waals surface area (Å²) in [7, 11) is 1.63. The lowest BCUT2D eigenvalue weighted by atomic mass is 10.2. The maximum absolute atomic E-state index is 6.14. The van der Waals surface area contributed by atoms with Gasteiger partial charge < -0.3 is 9.47 Å². The predicted molar refractivity (Wildman–Crippen MR) is 107 cm³/mol. The van der Waals surface area contributed by atoms with Crippen LogP contribution in [0, 0.1) is 6.92 Å². The van der Waals surface area contributed by atoms with Gasteiger partial charge in [-0.15, -0.1) is 0 Å². The highest BCUT2D eigenvalue weighted by Gasteiger charge is 2.06. The minimum absolute atomic E-state index is 0.493. The van der Waals surface area contributed by atoms with Gasteiger partial charge >= 0.3 is 0 Å². The van der Waals surface area contributed by atoms with Gasteiger partial charge in [-0.05, 0) is 53.9 Å². The molecule has 26 heavy (non-hydrogen) atoms. The molecular formula is C22H20ClNO2. The Labute approximate surface area is 158 Å². The molecule has 0 N–H and O–H groups in total. The van der Waals surface area contributed by atoms with Crippen LogP contribution in [-0.2, 0) is 6.61 Å². The van der Waals surface area contributed by atoms with E-state index < -0.39 is 0 Å². The Bertz CT molecular complexity index is 907. The number of methoxy groups -OCH3 is 1. The summed E-state index contributed by atoms with van der Waals surface area (Å²) >= 11 is 6.14. The van der Waals surface area contributed by atoms with E-state index in [-0.39, 0.29) is 0 Å². The Hall–Kier alpha value is -2.78. The molecule has 3 nitrogen and oxygen atoms in total. The maximum atomic E-state index is 6.14. The summed E-state index contributed by atoms with van der Waals surface area (Å²) in [6.45, 7) is 2.46. The molecule has 0 aliphatic carbocycles. The first kappa shape index (κ1) is 18.0. The SMILES string of the molecule is COc1cc(C=Nc2ccc(C)c(Cl)c2)ccc1OCc1ccccc1. The van der Waals surface area contributed by atoms with E-state index in [9.17, 15) is 0 Å². The van der Waals surface area contributed by atoms with Crippen LogP contribution >= 0.6 is 11.6 Å². The van der Waals surface area contributed by atoms with Crippen LogP contribution in [0.2, 0.25) is 5.02 Å². The van der Waals surface area contributed by atoms with E-state index in [1.807, 2.05) is 73.7 Å². The summed E-state index contributed by atoms with van der Waals surface area (Å²) in [5.41, 5.74) is 3.87. The molecule has 4 heteroatoms. The predicted octanol–water partition coefficient (Wildman–Crippen LogP) is 5.99. The van der Waals surface area contributed by atoms with Crippen LogP contribution in [0.4, 0.5) is 5.69 Å². The average Bonchev–Trinajstić information content (AvgIpc) is 2.68. The minimum atomic E-state index is 0.493. The fraction of sp³-hybridized carbons (Fsp3) is 0.136. The van der Waals surface area contributed by atoms with Gasteiger partial charge in [-0.3, -0.25) is 4.99 Å². The van der Waals surface area contributed by atoms with Crippen LogP contribution in [0.3, 0.4) is 0 Å². The Morgan fingerprint density at radius 3 is 2.50 bits per heavy atom. The van der Waals surface area contributed by atoms with Crippen LogP contribution in [0.25, 0.3) is 0 Å². The molecule has 0 atom stereocenters. The van der Waals surface area contributed by atoms with Crippen molar-refractivity contribution in [2.24, 2.45) is 4.99 Å². The summed E-state index contributed by atoms with van der Waals surface area (Å²) in [6.07, 6.45) is 1.78.